The minimum atomic E-state index is -3.42. The van der Waals surface area contributed by atoms with Crippen molar-refractivity contribution in [1.82, 2.24) is 19.2 Å². The molecule has 1 aliphatic carbocycles. The average molecular weight is 408 g/mol. The van der Waals surface area contributed by atoms with Crippen molar-refractivity contribution in [1.29, 1.82) is 5.26 Å². The number of aromatic nitrogens is 2. The van der Waals surface area contributed by atoms with Crippen LogP contribution < -0.4 is 4.72 Å². The summed E-state index contributed by atoms with van der Waals surface area (Å²) in [6, 6.07) is 9.23. The third-order valence-electron chi connectivity index (χ3n) is 4.93. The van der Waals surface area contributed by atoms with E-state index in [4.69, 9.17) is 16.9 Å². The van der Waals surface area contributed by atoms with Gasteiger partial charge in [0.25, 0.3) is 10.2 Å². The predicted octanol–water partition coefficient (Wildman–Crippen LogP) is 3.02. The van der Waals surface area contributed by atoms with Gasteiger partial charge in [-0.2, -0.15) is 27.8 Å². The normalized spacial score (nSPS) is 20.6. The van der Waals surface area contributed by atoms with E-state index in [0.717, 1.165) is 36.9 Å². The van der Waals surface area contributed by atoms with Gasteiger partial charge in [-0.05, 0) is 37.8 Å². The van der Waals surface area contributed by atoms with Crippen LogP contribution in [0.15, 0.2) is 24.3 Å². The van der Waals surface area contributed by atoms with Crippen molar-refractivity contribution in [3.05, 3.63) is 40.5 Å². The first-order chi connectivity index (χ1) is 12.8. The summed E-state index contributed by atoms with van der Waals surface area (Å²) in [5.74, 6) is 0.206. The predicted molar refractivity (Wildman–Crippen MR) is 104 cm³/mol. The fourth-order valence-electron chi connectivity index (χ4n) is 3.36. The molecule has 1 heterocycles. The van der Waals surface area contributed by atoms with E-state index in [2.05, 4.69) is 21.0 Å². The van der Waals surface area contributed by atoms with E-state index < -0.39 is 10.2 Å². The molecular formula is C18H22ClN5O2S. The highest BCUT2D eigenvalue weighted by Gasteiger charge is 2.29. The van der Waals surface area contributed by atoms with Gasteiger partial charge in [-0.25, -0.2) is 0 Å². The van der Waals surface area contributed by atoms with Crippen molar-refractivity contribution < 1.29 is 8.42 Å². The van der Waals surface area contributed by atoms with E-state index in [9.17, 15) is 8.42 Å². The van der Waals surface area contributed by atoms with Crippen LogP contribution >= 0.6 is 11.6 Å². The monoisotopic (exact) mass is 407 g/mol. The van der Waals surface area contributed by atoms with Gasteiger partial charge >= 0.3 is 0 Å². The Morgan fingerprint density at radius 1 is 1.30 bits per heavy atom. The molecule has 27 heavy (non-hydrogen) atoms. The van der Waals surface area contributed by atoms with E-state index in [0.29, 0.717) is 16.3 Å². The molecule has 2 aromatic rings. The van der Waals surface area contributed by atoms with Gasteiger partial charge < -0.3 is 0 Å². The first-order valence-corrected chi connectivity index (χ1v) is 10.6. The number of halogens is 1. The number of nitriles is 1. The zero-order chi connectivity index (χ0) is 19.6. The van der Waals surface area contributed by atoms with Gasteiger partial charge in [0.2, 0.25) is 0 Å². The molecule has 9 heteroatoms. The van der Waals surface area contributed by atoms with Crippen LogP contribution in [0.25, 0.3) is 11.3 Å². The van der Waals surface area contributed by atoms with E-state index in [-0.39, 0.29) is 12.0 Å². The third kappa shape index (κ3) is 4.33. The highest BCUT2D eigenvalue weighted by molar-refractivity contribution is 7.87. The van der Waals surface area contributed by atoms with E-state index in [1.54, 1.807) is 18.2 Å². The van der Waals surface area contributed by atoms with Crippen molar-refractivity contribution in [2.24, 2.45) is 0 Å². The summed E-state index contributed by atoms with van der Waals surface area (Å²) in [4.78, 5) is 0. The number of hydrogen-bond acceptors (Lipinski definition) is 4. The van der Waals surface area contributed by atoms with Gasteiger partial charge in [-0.3, -0.25) is 5.10 Å². The highest BCUT2D eigenvalue weighted by atomic mass is 35.5. The topological polar surface area (TPSA) is 102 Å². The first kappa shape index (κ1) is 19.8. The number of nitrogens with zero attached hydrogens (tertiary/aromatic N) is 3. The summed E-state index contributed by atoms with van der Waals surface area (Å²) in [6.45, 7) is 0. The Morgan fingerprint density at radius 3 is 2.63 bits per heavy atom. The van der Waals surface area contributed by atoms with Crippen molar-refractivity contribution >= 4 is 21.8 Å². The molecule has 1 aliphatic rings. The number of hydrogen-bond donors (Lipinski definition) is 2. The number of nitrogens with one attached hydrogen (secondary N) is 2. The molecule has 1 aromatic heterocycles. The van der Waals surface area contributed by atoms with Crippen molar-refractivity contribution in [3.8, 4) is 17.3 Å². The highest BCUT2D eigenvalue weighted by Crippen LogP contribution is 2.39. The number of H-pyrrole nitrogens is 1. The maximum Gasteiger partial charge on any atom is 0.279 e. The van der Waals surface area contributed by atoms with Crippen LogP contribution in [0.5, 0.6) is 0 Å². The fraction of sp³-hybridized carbons (Fsp3) is 0.444. The maximum atomic E-state index is 12.0. The summed E-state index contributed by atoms with van der Waals surface area (Å²) < 4.78 is 27.9. The van der Waals surface area contributed by atoms with Gasteiger partial charge in [0.05, 0.1) is 22.3 Å². The Hall–Kier alpha value is -1.92. The van der Waals surface area contributed by atoms with Gasteiger partial charge in [0.15, 0.2) is 0 Å². The minimum absolute atomic E-state index is 0.0675. The van der Waals surface area contributed by atoms with Crippen LogP contribution in [0.3, 0.4) is 0 Å². The molecule has 0 bridgehead atoms. The van der Waals surface area contributed by atoms with Gasteiger partial charge in [-0.15, -0.1) is 0 Å². The second-order valence-corrected chi connectivity index (χ2v) is 9.24. The Bertz CT molecular complexity index is 956. The smallest absolute Gasteiger partial charge is 0.279 e. The molecule has 0 spiro atoms. The molecule has 1 saturated carbocycles. The molecule has 0 unspecified atom stereocenters. The van der Waals surface area contributed by atoms with Crippen molar-refractivity contribution in [3.63, 3.8) is 0 Å². The molecule has 0 aliphatic heterocycles. The zero-order valence-corrected chi connectivity index (χ0v) is 16.8. The van der Waals surface area contributed by atoms with Gasteiger partial charge in [0.1, 0.15) is 5.69 Å². The van der Waals surface area contributed by atoms with E-state index >= 15 is 0 Å². The van der Waals surface area contributed by atoms with Crippen LogP contribution in [0.1, 0.15) is 42.9 Å². The number of rotatable bonds is 5. The lowest BCUT2D eigenvalue weighted by atomic mass is 9.84. The van der Waals surface area contributed by atoms with Crippen LogP contribution in [0.4, 0.5) is 0 Å². The molecule has 3 rings (SSSR count). The summed E-state index contributed by atoms with van der Waals surface area (Å²) in [6.07, 6.45) is 3.12. The lowest BCUT2D eigenvalue weighted by molar-refractivity contribution is 0.363. The van der Waals surface area contributed by atoms with Gasteiger partial charge in [-0.1, -0.05) is 23.7 Å². The number of benzene rings is 1. The van der Waals surface area contributed by atoms with Crippen LogP contribution in [0, 0.1) is 11.3 Å². The minimum Gasteiger partial charge on any atom is -0.280 e. The maximum absolute atomic E-state index is 12.0. The third-order valence-corrected chi connectivity index (χ3v) is 6.90. The first-order valence-electron chi connectivity index (χ1n) is 8.76. The Labute approximate surface area is 164 Å². The largest absolute Gasteiger partial charge is 0.280 e. The molecule has 144 valence electrons. The second kappa shape index (κ2) is 7.98. The molecular weight excluding hydrogens is 386 g/mol. The van der Waals surface area contributed by atoms with E-state index in [1.165, 1.54) is 18.4 Å². The Kier molecular flexibility index (Phi) is 5.86. The standard InChI is InChI=1S/C18H22ClN5O2S/c1-24(2)27(25,26)23-15-8-6-13(7-9-15)17-16(19)18(22-21-17)14-5-3-4-12(10-14)11-20/h3-5,10,13,15,23H,6-9H2,1-2H3,(H,21,22). The van der Waals surface area contributed by atoms with Crippen LogP contribution in [-0.4, -0.2) is 43.1 Å². The second-order valence-electron chi connectivity index (χ2n) is 6.95. The van der Waals surface area contributed by atoms with Gasteiger partial charge in [0, 0.05) is 31.6 Å². The Balaban J connectivity index is 1.71. The zero-order valence-electron chi connectivity index (χ0n) is 15.2. The lowest BCUT2D eigenvalue weighted by Crippen LogP contribution is -2.43. The van der Waals surface area contributed by atoms with Crippen LogP contribution in [-0.2, 0) is 10.2 Å². The lowest BCUT2D eigenvalue weighted by Gasteiger charge is -2.29. The molecule has 0 amide bonds. The molecule has 0 atom stereocenters. The average Bonchev–Trinajstić information content (AvgIpc) is 3.03. The summed E-state index contributed by atoms with van der Waals surface area (Å²) in [7, 11) is -0.386. The summed E-state index contributed by atoms with van der Waals surface area (Å²) in [5, 5.41) is 17.0. The van der Waals surface area contributed by atoms with Crippen LogP contribution in [0.2, 0.25) is 5.02 Å². The Morgan fingerprint density at radius 2 is 2.00 bits per heavy atom. The molecule has 0 saturated heterocycles. The fourth-order valence-corrected chi connectivity index (χ4v) is 4.57. The number of aromatic amines is 1. The molecule has 2 N–H and O–H groups in total. The summed E-state index contributed by atoms with van der Waals surface area (Å²) in [5.41, 5.74) is 2.87. The summed E-state index contributed by atoms with van der Waals surface area (Å²) >= 11 is 6.58. The van der Waals surface area contributed by atoms with E-state index in [1.807, 2.05) is 6.07 Å². The van der Waals surface area contributed by atoms with Crippen molar-refractivity contribution in [2.45, 2.75) is 37.6 Å². The molecule has 7 nitrogen and oxygen atoms in total. The molecule has 0 radical (unpaired) electrons. The molecule has 1 fully saturated rings. The molecule has 1 aromatic carbocycles. The quantitative estimate of drug-likeness (QED) is 0.795. The SMILES string of the molecule is CN(C)S(=O)(=O)NC1CCC(c2[nH]nc(-c3cccc(C#N)c3)c2Cl)CC1. The van der Waals surface area contributed by atoms with Crippen molar-refractivity contribution in [2.75, 3.05) is 14.1 Å².